The summed E-state index contributed by atoms with van der Waals surface area (Å²) < 4.78 is 5.39. The van der Waals surface area contributed by atoms with Gasteiger partial charge in [-0.2, -0.15) is 15.0 Å². The quantitative estimate of drug-likeness (QED) is 0.578. The zero-order valence-electron chi connectivity index (χ0n) is 11.1. The van der Waals surface area contributed by atoms with Crippen molar-refractivity contribution in [3.63, 3.8) is 0 Å². The molecular weight excluding hydrogens is 230 g/mol. The molecule has 18 heavy (non-hydrogen) atoms. The lowest BCUT2D eigenvalue weighted by molar-refractivity contribution is 0.300. The van der Waals surface area contributed by atoms with Gasteiger partial charge in [0.25, 0.3) is 0 Å². The summed E-state index contributed by atoms with van der Waals surface area (Å²) in [6.07, 6.45) is 6.69. The summed E-state index contributed by atoms with van der Waals surface area (Å²) >= 11 is 0. The molecule has 0 saturated heterocycles. The van der Waals surface area contributed by atoms with E-state index in [4.69, 9.17) is 11.2 Å². The highest BCUT2D eigenvalue weighted by Gasteiger charge is 2.08. The van der Waals surface area contributed by atoms with Gasteiger partial charge in [-0.1, -0.05) is 6.92 Å². The Labute approximate surface area is 108 Å². The third-order valence-electron chi connectivity index (χ3n) is 2.01. The van der Waals surface area contributed by atoms with E-state index in [2.05, 4.69) is 33.1 Å². The largest absolute Gasteiger partial charge is 0.462 e. The van der Waals surface area contributed by atoms with Gasteiger partial charge < -0.3 is 15.0 Å². The van der Waals surface area contributed by atoms with Crippen LogP contribution in [0.1, 0.15) is 19.8 Å². The summed E-state index contributed by atoms with van der Waals surface area (Å²) in [6, 6.07) is 0.294. The summed E-state index contributed by atoms with van der Waals surface area (Å²) in [5, 5.41) is 3.11. The van der Waals surface area contributed by atoms with Crippen LogP contribution in [-0.4, -0.2) is 42.2 Å². The Morgan fingerprint density at radius 2 is 2.11 bits per heavy atom. The van der Waals surface area contributed by atoms with Gasteiger partial charge in [0.1, 0.15) is 6.61 Å². The van der Waals surface area contributed by atoms with E-state index in [0.717, 1.165) is 13.0 Å². The van der Waals surface area contributed by atoms with Crippen LogP contribution in [0, 0.1) is 12.3 Å². The standard InChI is InChI=1S/C12H19N5O/c1-5-7-9-18-12-15-10(13-8-6-2)14-11(16-12)17(3)4/h1H,6-9H2,2-4H3,(H,13,14,15,16). The van der Waals surface area contributed by atoms with Crippen molar-refractivity contribution >= 4 is 11.9 Å². The highest BCUT2D eigenvalue weighted by Crippen LogP contribution is 2.13. The predicted octanol–water partition coefficient (Wildman–Crippen LogP) is 1.16. The van der Waals surface area contributed by atoms with Gasteiger partial charge in [0, 0.05) is 27.1 Å². The third kappa shape index (κ3) is 4.45. The van der Waals surface area contributed by atoms with Crippen LogP contribution in [0.4, 0.5) is 11.9 Å². The lowest BCUT2D eigenvalue weighted by Gasteiger charge is -2.13. The summed E-state index contributed by atoms with van der Waals surface area (Å²) in [5.41, 5.74) is 0. The van der Waals surface area contributed by atoms with Crippen molar-refractivity contribution in [3.8, 4) is 18.4 Å². The second-order valence-corrected chi connectivity index (χ2v) is 3.87. The minimum atomic E-state index is 0.294. The maximum atomic E-state index is 5.39. The zero-order chi connectivity index (χ0) is 13.4. The van der Waals surface area contributed by atoms with Crippen LogP contribution in [0.5, 0.6) is 6.01 Å². The van der Waals surface area contributed by atoms with E-state index in [1.807, 2.05) is 14.1 Å². The van der Waals surface area contributed by atoms with Crippen molar-refractivity contribution in [2.75, 3.05) is 37.5 Å². The number of nitrogens with one attached hydrogen (secondary N) is 1. The minimum absolute atomic E-state index is 0.294. The number of nitrogens with zero attached hydrogens (tertiary/aromatic N) is 4. The second kappa shape index (κ2) is 7.33. The first-order valence-electron chi connectivity index (χ1n) is 5.91. The summed E-state index contributed by atoms with van der Waals surface area (Å²) in [5.74, 6) is 3.58. The highest BCUT2D eigenvalue weighted by molar-refractivity contribution is 5.36. The molecule has 6 nitrogen and oxygen atoms in total. The van der Waals surface area contributed by atoms with Crippen LogP contribution in [0.15, 0.2) is 0 Å². The predicted molar refractivity (Wildman–Crippen MR) is 71.9 cm³/mol. The van der Waals surface area contributed by atoms with E-state index < -0.39 is 0 Å². The lowest BCUT2D eigenvalue weighted by Crippen LogP contribution is -2.16. The molecule has 0 atom stereocenters. The number of aromatic nitrogens is 3. The molecule has 6 heteroatoms. The van der Waals surface area contributed by atoms with Crippen molar-refractivity contribution in [1.29, 1.82) is 0 Å². The van der Waals surface area contributed by atoms with Gasteiger partial charge in [0.15, 0.2) is 0 Å². The number of hydrogen-bond donors (Lipinski definition) is 1. The minimum Gasteiger partial charge on any atom is -0.462 e. The molecule has 1 rings (SSSR count). The molecule has 0 aromatic carbocycles. The Morgan fingerprint density at radius 1 is 1.33 bits per heavy atom. The van der Waals surface area contributed by atoms with Gasteiger partial charge in [-0.3, -0.25) is 0 Å². The number of ether oxygens (including phenoxy) is 1. The molecule has 0 bridgehead atoms. The summed E-state index contributed by atoms with van der Waals surface area (Å²) in [7, 11) is 3.73. The Hall–Kier alpha value is -2.03. The average Bonchev–Trinajstić information content (AvgIpc) is 2.36. The molecule has 1 aromatic heterocycles. The first-order valence-corrected chi connectivity index (χ1v) is 5.91. The van der Waals surface area contributed by atoms with Crippen LogP contribution in [0.25, 0.3) is 0 Å². The molecule has 0 aliphatic carbocycles. The van der Waals surface area contributed by atoms with Crippen LogP contribution < -0.4 is 15.0 Å². The molecular formula is C12H19N5O. The van der Waals surface area contributed by atoms with Crippen LogP contribution in [-0.2, 0) is 0 Å². The number of hydrogen-bond acceptors (Lipinski definition) is 6. The van der Waals surface area contributed by atoms with E-state index in [1.165, 1.54) is 0 Å². The van der Waals surface area contributed by atoms with Gasteiger partial charge in [-0.15, -0.1) is 12.3 Å². The zero-order valence-corrected chi connectivity index (χ0v) is 11.1. The monoisotopic (exact) mass is 249 g/mol. The van der Waals surface area contributed by atoms with Crippen molar-refractivity contribution < 1.29 is 4.74 Å². The molecule has 0 aliphatic rings. The molecule has 0 amide bonds. The van der Waals surface area contributed by atoms with E-state index in [-0.39, 0.29) is 0 Å². The van der Waals surface area contributed by atoms with E-state index in [9.17, 15) is 0 Å². The normalized spacial score (nSPS) is 9.67. The lowest BCUT2D eigenvalue weighted by atomic mass is 10.5. The van der Waals surface area contributed by atoms with Gasteiger partial charge in [0.05, 0.1) is 0 Å². The molecule has 0 spiro atoms. The van der Waals surface area contributed by atoms with Crippen LogP contribution >= 0.6 is 0 Å². The number of terminal acetylenes is 1. The Bertz CT molecular complexity index is 413. The fourth-order valence-electron chi connectivity index (χ4n) is 1.13. The molecule has 0 aliphatic heterocycles. The highest BCUT2D eigenvalue weighted by atomic mass is 16.5. The molecule has 0 saturated carbocycles. The van der Waals surface area contributed by atoms with Crippen LogP contribution in [0.2, 0.25) is 0 Å². The number of anilines is 2. The Balaban J connectivity index is 2.81. The molecule has 1 N–H and O–H groups in total. The third-order valence-corrected chi connectivity index (χ3v) is 2.01. The Kier molecular flexibility index (Phi) is 5.71. The first kappa shape index (κ1) is 14.0. The maximum Gasteiger partial charge on any atom is 0.323 e. The van der Waals surface area contributed by atoms with Gasteiger partial charge in [-0.25, -0.2) is 0 Å². The second-order valence-electron chi connectivity index (χ2n) is 3.87. The SMILES string of the molecule is C#CCCOc1nc(NCCC)nc(N(C)C)n1. The summed E-state index contributed by atoms with van der Waals surface area (Å²) in [6.45, 7) is 3.28. The van der Waals surface area contributed by atoms with Gasteiger partial charge in [-0.05, 0) is 6.42 Å². The topological polar surface area (TPSA) is 63.2 Å². The van der Waals surface area contributed by atoms with Crippen molar-refractivity contribution in [1.82, 2.24) is 15.0 Å². The van der Waals surface area contributed by atoms with Gasteiger partial charge >= 0.3 is 6.01 Å². The first-order chi connectivity index (χ1) is 8.67. The smallest absolute Gasteiger partial charge is 0.323 e. The van der Waals surface area contributed by atoms with Crippen molar-refractivity contribution in [2.45, 2.75) is 19.8 Å². The molecule has 0 unspecified atom stereocenters. The van der Waals surface area contributed by atoms with Crippen LogP contribution in [0.3, 0.4) is 0 Å². The molecule has 1 aromatic rings. The van der Waals surface area contributed by atoms with Crippen molar-refractivity contribution in [3.05, 3.63) is 0 Å². The summed E-state index contributed by atoms with van der Waals surface area (Å²) in [4.78, 5) is 14.4. The fourth-order valence-corrected chi connectivity index (χ4v) is 1.13. The molecule has 0 radical (unpaired) electrons. The van der Waals surface area contributed by atoms with E-state index in [1.54, 1.807) is 4.90 Å². The number of rotatable bonds is 7. The maximum absolute atomic E-state index is 5.39. The fraction of sp³-hybridized carbons (Fsp3) is 0.583. The van der Waals surface area contributed by atoms with E-state index >= 15 is 0 Å². The molecule has 1 heterocycles. The molecule has 0 fully saturated rings. The average molecular weight is 249 g/mol. The van der Waals surface area contributed by atoms with Gasteiger partial charge in [0.2, 0.25) is 11.9 Å². The Morgan fingerprint density at radius 3 is 2.72 bits per heavy atom. The molecule has 98 valence electrons. The van der Waals surface area contributed by atoms with E-state index in [0.29, 0.717) is 30.9 Å². The van der Waals surface area contributed by atoms with Crippen molar-refractivity contribution in [2.24, 2.45) is 0 Å².